The fourth-order valence-electron chi connectivity index (χ4n) is 2.38. The van der Waals surface area contributed by atoms with E-state index in [1.807, 2.05) is 24.3 Å². The fourth-order valence-corrected chi connectivity index (χ4v) is 2.38. The van der Waals surface area contributed by atoms with Crippen molar-refractivity contribution in [2.24, 2.45) is 0 Å². The van der Waals surface area contributed by atoms with Crippen molar-refractivity contribution >= 4 is 0 Å². The number of hydrogen-bond acceptors (Lipinski definition) is 5. The Morgan fingerprint density at radius 2 is 1.86 bits per heavy atom. The first-order chi connectivity index (χ1) is 10.3. The van der Waals surface area contributed by atoms with Crippen LogP contribution in [0.25, 0.3) is 11.4 Å². The summed E-state index contributed by atoms with van der Waals surface area (Å²) >= 11 is 0. The summed E-state index contributed by atoms with van der Waals surface area (Å²) in [4.78, 5) is 8.75. The van der Waals surface area contributed by atoms with Crippen molar-refractivity contribution < 1.29 is 9.47 Å². The van der Waals surface area contributed by atoms with Gasteiger partial charge in [0.1, 0.15) is 11.9 Å². The molecular formula is C16H19N3O2. The molecule has 0 spiro atoms. The molecule has 2 heterocycles. The monoisotopic (exact) mass is 285 g/mol. The lowest BCUT2D eigenvalue weighted by atomic mass is 10.1. The maximum absolute atomic E-state index is 5.88. The molecule has 0 radical (unpaired) electrons. The van der Waals surface area contributed by atoms with Gasteiger partial charge in [-0.3, -0.25) is 0 Å². The van der Waals surface area contributed by atoms with Crippen molar-refractivity contribution in [3.05, 3.63) is 36.7 Å². The van der Waals surface area contributed by atoms with Crippen LogP contribution in [-0.4, -0.2) is 36.3 Å². The molecule has 1 aromatic carbocycles. The Hall–Kier alpha value is -2.14. The SMILES string of the molecule is COc1ccc(-c2ncc(OC3CCCNC3)cn2)cc1. The molecule has 1 atom stereocenters. The van der Waals surface area contributed by atoms with Crippen LogP contribution in [0.1, 0.15) is 12.8 Å². The Labute approximate surface area is 124 Å². The van der Waals surface area contributed by atoms with Crippen LogP contribution in [0.15, 0.2) is 36.7 Å². The van der Waals surface area contributed by atoms with E-state index in [1.54, 1.807) is 19.5 Å². The van der Waals surface area contributed by atoms with Gasteiger partial charge in [0.05, 0.1) is 19.5 Å². The van der Waals surface area contributed by atoms with Gasteiger partial charge in [-0.2, -0.15) is 0 Å². The van der Waals surface area contributed by atoms with Crippen LogP contribution in [0.5, 0.6) is 11.5 Å². The van der Waals surface area contributed by atoms with Crippen LogP contribution in [0.4, 0.5) is 0 Å². The minimum atomic E-state index is 0.217. The van der Waals surface area contributed by atoms with Gasteiger partial charge in [-0.25, -0.2) is 9.97 Å². The summed E-state index contributed by atoms with van der Waals surface area (Å²) in [5.74, 6) is 2.23. The number of rotatable bonds is 4. The molecule has 110 valence electrons. The van der Waals surface area contributed by atoms with E-state index < -0.39 is 0 Å². The third-order valence-electron chi connectivity index (χ3n) is 3.53. The van der Waals surface area contributed by atoms with Gasteiger partial charge < -0.3 is 14.8 Å². The second-order valence-corrected chi connectivity index (χ2v) is 5.06. The largest absolute Gasteiger partial charge is 0.497 e. The summed E-state index contributed by atoms with van der Waals surface area (Å²) in [6.07, 6.45) is 5.92. The molecule has 1 aliphatic rings. The molecule has 1 fully saturated rings. The van der Waals surface area contributed by atoms with Gasteiger partial charge in [0.15, 0.2) is 11.6 Å². The van der Waals surface area contributed by atoms with Gasteiger partial charge in [-0.1, -0.05) is 0 Å². The molecule has 2 aromatic rings. The number of piperidine rings is 1. The molecule has 0 amide bonds. The maximum atomic E-state index is 5.88. The van der Waals surface area contributed by atoms with Crippen LogP contribution in [0.3, 0.4) is 0 Å². The van der Waals surface area contributed by atoms with E-state index in [4.69, 9.17) is 9.47 Å². The van der Waals surface area contributed by atoms with Crippen LogP contribution >= 0.6 is 0 Å². The van der Waals surface area contributed by atoms with E-state index in [2.05, 4.69) is 15.3 Å². The molecule has 1 N–H and O–H groups in total. The highest BCUT2D eigenvalue weighted by Crippen LogP contribution is 2.20. The van der Waals surface area contributed by atoms with E-state index in [9.17, 15) is 0 Å². The van der Waals surface area contributed by atoms with Gasteiger partial charge in [-0.05, 0) is 43.7 Å². The van der Waals surface area contributed by atoms with Crippen LogP contribution in [-0.2, 0) is 0 Å². The van der Waals surface area contributed by atoms with Gasteiger partial charge in [0, 0.05) is 12.1 Å². The number of aromatic nitrogens is 2. The smallest absolute Gasteiger partial charge is 0.159 e. The summed E-state index contributed by atoms with van der Waals surface area (Å²) in [6, 6.07) is 7.69. The fraction of sp³-hybridized carbons (Fsp3) is 0.375. The minimum absolute atomic E-state index is 0.217. The summed E-state index contributed by atoms with van der Waals surface area (Å²) in [7, 11) is 1.65. The zero-order chi connectivity index (χ0) is 14.5. The Balaban J connectivity index is 1.67. The van der Waals surface area contributed by atoms with Crippen molar-refractivity contribution in [3.63, 3.8) is 0 Å². The zero-order valence-electron chi connectivity index (χ0n) is 12.1. The third kappa shape index (κ3) is 3.49. The normalized spacial score (nSPS) is 18.2. The lowest BCUT2D eigenvalue weighted by molar-refractivity contribution is 0.166. The van der Waals surface area contributed by atoms with E-state index in [-0.39, 0.29) is 6.10 Å². The first-order valence-corrected chi connectivity index (χ1v) is 7.19. The summed E-state index contributed by atoms with van der Waals surface area (Å²) in [5.41, 5.74) is 0.960. The Morgan fingerprint density at radius 3 is 2.48 bits per heavy atom. The topological polar surface area (TPSA) is 56.3 Å². The van der Waals surface area contributed by atoms with Gasteiger partial charge in [0.25, 0.3) is 0 Å². The van der Waals surface area contributed by atoms with E-state index in [0.29, 0.717) is 5.82 Å². The number of benzene rings is 1. The van der Waals surface area contributed by atoms with E-state index in [0.717, 1.165) is 43.0 Å². The van der Waals surface area contributed by atoms with Crippen molar-refractivity contribution in [2.75, 3.05) is 20.2 Å². The molecule has 0 bridgehead atoms. The Kier molecular flexibility index (Phi) is 4.31. The van der Waals surface area contributed by atoms with Gasteiger partial charge in [-0.15, -0.1) is 0 Å². The molecule has 5 nitrogen and oxygen atoms in total. The Morgan fingerprint density at radius 1 is 1.10 bits per heavy atom. The first kappa shape index (κ1) is 13.8. The standard InChI is InChI=1S/C16H19N3O2/c1-20-13-6-4-12(5-7-13)16-18-10-15(11-19-16)21-14-3-2-8-17-9-14/h4-7,10-11,14,17H,2-3,8-9H2,1H3. The number of nitrogens with zero attached hydrogens (tertiary/aromatic N) is 2. The molecule has 1 unspecified atom stereocenters. The molecule has 21 heavy (non-hydrogen) atoms. The maximum Gasteiger partial charge on any atom is 0.159 e. The lowest BCUT2D eigenvalue weighted by Gasteiger charge is -2.23. The number of nitrogens with one attached hydrogen (secondary N) is 1. The zero-order valence-corrected chi connectivity index (χ0v) is 12.1. The lowest BCUT2D eigenvalue weighted by Crippen LogP contribution is -2.37. The van der Waals surface area contributed by atoms with Crippen molar-refractivity contribution in [1.82, 2.24) is 15.3 Å². The van der Waals surface area contributed by atoms with Crippen molar-refractivity contribution in [1.29, 1.82) is 0 Å². The highest BCUT2D eigenvalue weighted by molar-refractivity contribution is 5.56. The highest BCUT2D eigenvalue weighted by Gasteiger charge is 2.14. The highest BCUT2D eigenvalue weighted by atomic mass is 16.5. The number of hydrogen-bond donors (Lipinski definition) is 1. The molecule has 1 saturated heterocycles. The average Bonchev–Trinajstić information content (AvgIpc) is 2.57. The Bertz CT molecular complexity index is 563. The van der Waals surface area contributed by atoms with Crippen LogP contribution < -0.4 is 14.8 Å². The van der Waals surface area contributed by atoms with Gasteiger partial charge in [0.2, 0.25) is 0 Å². The molecule has 0 saturated carbocycles. The minimum Gasteiger partial charge on any atom is -0.497 e. The van der Waals surface area contributed by atoms with E-state index in [1.165, 1.54) is 0 Å². The predicted octanol–water partition coefficient (Wildman–Crippen LogP) is 2.28. The molecule has 3 rings (SSSR count). The summed E-state index contributed by atoms with van der Waals surface area (Å²) in [6.45, 7) is 1.97. The summed E-state index contributed by atoms with van der Waals surface area (Å²) in [5, 5.41) is 3.33. The molecule has 1 aliphatic heterocycles. The number of methoxy groups -OCH3 is 1. The first-order valence-electron chi connectivity index (χ1n) is 7.19. The van der Waals surface area contributed by atoms with E-state index >= 15 is 0 Å². The van der Waals surface area contributed by atoms with Crippen molar-refractivity contribution in [2.45, 2.75) is 18.9 Å². The number of ether oxygens (including phenoxy) is 2. The summed E-state index contributed by atoms with van der Waals surface area (Å²) < 4.78 is 11.0. The second-order valence-electron chi connectivity index (χ2n) is 5.06. The third-order valence-corrected chi connectivity index (χ3v) is 3.53. The molecular weight excluding hydrogens is 266 g/mol. The molecule has 0 aliphatic carbocycles. The quantitative estimate of drug-likeness (QED) is 0.934. The average molecular weight is 285 g/mol. The predicted molar refractivity (Wildman–Crippen MR) is 80.5 cm³/mol. The second kappa shape index (κ2) is 6.54. The van der Waals surface area contributed by atoms with Gasteiger partial charge >= 0.3 is 0 Å². The van der Waals surface area contributed by atoms with Crippen LogP contribution in [0, 0.1) is 0 Å². The molecule has 5 heteroatoms. The molecule has 1 aromatic heterocycles. The van der Waals surface area contributed by atoms with Crippen LogP contribution in [0.2, 0.25) is 0 Å². The van der Waals surface area contributed by atoms with Crippen molar-refractivity contribution in [3.8, 4) is 22.9 Å².